The average Bonchev–Trinajstić information content (AvgIpc) is 2.29. The van der Waals surface area contributed by atoms with Crippen molar-refractivity contribution in [3.63, 3.8) is 0 Å². The van der Waals surface area contributed by atoms with Crippen molar-refractivity contribution in [2.45, 2.75) is 39.2 Å². The average molecular weight is 252 g/mol. The number of ether oxygens (including phenoxy) is 2. The molecular weight excluding hydrogens is 232 g/mol. The third-order valence-electron chi connectivity index (χ3n) is 2.62. The van der Waals surface area contributed by atoms with Gasteiger partial charge in [-0.25, -0.2) is 4.79 Å². The first-order chi connectivity index (χ1) is 8.25. The van der Waals surface area contributed by atoms with Crippen LogP contribution in [0.3, 0.4) is 0 Å². The first kappa shape index (κ1) is 14.4. The Morgan fingerprint density at radius 2 is 1.94 bits per heavy atom. The molecule has 0 aliphatic rings. The predicted octanol–water partition coefficient (Wildman–Crippen LogP) is 2.63. The molecular formula is C14H20O4. The summed E-state index contributed by atoms with van der Waals surface area (Å²) in [5, 5.41) is 9.81. The highest BCUT2D eigenvalue weighted by Crippen LogP contribution is 2.33. The summed E-state index contributed by atoms with van der Waals surface area (Å²) in [4.78, 5) is 11.3. The van der Waals surface area contributed by atoms with Crippen LogP contribution >= 0.6 is 0 Å². The van der Waals surface area contributed by atoms with Gasteiger partial charge in [0.1, 0.15) is 11.5 Å². The van der Waals surface area contributed by atoms with E-state index < -0.39 is 12.1 Å². The molecule has 1 N–H and O–H groups in total. The van der Waals surface area contributed by atoms with E-state index in [9.17, 15) is 9.90 Å². The molecule has 4 heteroatoms. The van der Waals surface area contributed by atoms with Crippen molar-refractivity contribution in [1.82, 2.24) is 0 Å². The number of aromatic hydroxyl groups is 1. The topological polar surface area (TPSA) is 55.8 Å². The maximum Gasteiger partial charge on any atom is 0.346 e. The summed E-state index contributed by atoms with van der Waals surface area (Å²) in [7, 11) is 1.32. The second-order valence-corrected chi connectivity index (χ2v) is 5.21. The Labute approximate surface area is 108 Å². The van der Waals surface area contributed by atoms with Gasteiger partial charge in [0, 0.05) is 5.56 Å². The molecule has 0 saturated carbocycles. The van der Waals surface area contributed by atoms with Crippen LogP contribution in [0.5, 0.6) is 11.5 Å². The molecule has 4 nitrogen and oxygen atoms in total. The molecule has 0 aromatic heterocycles. The van der Waals surface area contributed by atoms with Crippen molar-refractivity contribution >= 4 is 5.97 Å². The van der Waals surface area contributed by atoms with Gasteiger partial charge in [-0.1, -0.05) is 20.8 Å². The molecule has 0 spiro atoms. The number of hydrogen-bond acceptors (Lipinski definition) is 4. The second kappa shape index (κ2) is 5.29. The Hall–Kier alpha value is -1.71. The minimum atomic E-state index is -0.674. The summed E-state index contributed by atoms with van der Waals surface area (Å²) in [6.45, 7) is 7.61. The molecule has 18 heavy (non-hydrogen) atoms. The lowest BCUT2D eigenvalue weighted by molar-refractivity contribution is -0.147. The van der Waals surface area contributed by atoms with Gasteiger partial charge >= 0.3 is 5.97 Å². The van der Waals surface area contributed by atoms with Crippen LogP contribution in [0.25, 0.3) is 0 Å². The maximum atomic E-state index is 11.3. The van der Waals surface area contributed by atoms with E-state index in [0.717, 1.165) is 5.56 Å². The fraction of sp³-hybridized carbons (Fsp3) is 0.500. The van der Waals surface area contributed by atoms with Gasteiger partial charge in [-0.2, -0.15) is 0 Å². The molecule has 1 unspecified atom stereocenters. The third-order valence-corrected chi connectivity index (χ3v) is 2.62. The van der Waals surface area contributed by atoms with Gasteiger partial charge in [0.05, 0.1) is 7.11 Å². The van der Waals surface area contributed by atoms with E-state index in [1.807, 2.05) is 20.8 Å². The number of phenolic OH excluding ortho intramolecular Hbond substituents is 1. The number of methoxy groups -OCH3 is 1. The zero-order valence-corrected chi connectivity index (χ0v) is 11.5. The maximum absolute atomic E-state index is 11.3. The fourth-order valence-corrected chi connectivity index (χ4v) is 1.61. The Morgan fingerprint density at radius 1 is 1.33 bits per heavy atom. The van der Waals surface area contributed by atoms with Crippen LogP contribution in [0.15, 0.2) is 18.2 Å². The lowest BCUT2D eigenvalue weighted by Gasteiger charge is -2.22. The van der Waals surface area contributed by atoms with E-state index in [4.69, 9.17) is 4.74 Å². The van der Waals surface area contributed by atoms with E-state index in [-0.39, 0.29) is 11.2 Å². The lowest BCUT2D eigenvalue weighted by atomic mass is 9.86. The quantitative estimate of drug-likeness (QED) is 0.840. The monoisotopic (exact) mass is 252 g/mol. The highest BCUT2D eigenvalue weighted by Gasteiger charge is 2.20. The van der Waals surface area contributed by atoms with Crippen molar-refractivity contribution in [2.24, 2.45) is 0 Å². The van der Waals surface area contributed by atoms with Crippen molar-refractivity contribution < 1.29 is 19.4 Å². The Balaban J connectivity index is 2.96. The Morgan fingerprint density at radius 3 is 2.44 bits per heavy atom. The highest BCUT2D eigenvalue weighted by molar-refractivity contribution is 5.74. The molecule has 0 saturated heterocycles. The van der Waals surface area contributed by atoms with E-state index in [0.29, 0.717) is 5.75 Å². The first-order valence-electron chi connectivity index (χ1n) is 5.83. The standard InChI is InChI=1S/C14H20O4/c1-9(13(16)17-5)18-10-6-7-12(15)11(8-10)14(2,3)4/h6-9,15H,1-5H3. The van der Waals surface area contributed by atoms with Crippen LogP contribution in [0.1, 0.15) is 33.3 Å². The smallest absolute Gasteiger partial charge is 0.346 e. The zero-order valence-electron chi connectivity index (χ0n) is 11.5. The minimum Gasteiger partial charge on any atom is -0.508 e. The number of esters is 1. The van der Waals surface area contributed by atoms with Gasteiger partial charge in [0.25, 0.3) is 0 Å². The van der Waals surface area contributed by atoms with Crippen molar-refractivity contribution in [1.29, 1.82) is 0 Å². The Bertz CT molecular complexity index is 432. The van der Waals surface area contributed by atoms with Gasteiger partial charge < -0.3 is 14.6 Å². The van der Waals surface area contributed by atoms with Gasteiger partial charge in [0.2, 0.25) is 0 Å². The summed E-state index contributed by atoms with van der Waals surface area (Å²) in [5.41, 5.74) is 0.579. The molecule has 1 atom stereocenters. The van der Waals surface area contributed by atoms with E-state index in [1.54, 1.807) is 25.1 Å². The lowest BCUT2D eigenvalue weighted by Crippen LogP contribution is -2.25. The summed E-state index contributed by atoms with van der Waals surface area (Å²) in [6, 6.07) is 4.94. The normalized spacial score (nSPS) is 12.9. The largest absolute Gasteiger partial charge is 0.508 e. The number of rotatable bonds is 3. The molecule has 0 aliphatic carbocycles. The van der Waals surface area contributed by atoms with Gasteiger partial charge in [-0.05, 0) is 30.5 Å². The van der Waals surface area contributed by atoms with E-state index >= 15 is 0 Å². The molecule has 1 aromatic carbocycles. The molecule has 0 bridgehead atoms. The van der Waals surface area contributed by atoms with Crippen LogP contribution < -0.4 is 4.74 Å². The molecule has 0 heterocycles. The number of hydrogen-bond donors (Lipinski definition) is 1. The van der Waals surface area contributed by atoms with Gasteiger partial charge in [0.15, 0.2) is 6.10 Å². The van der Waals surface area contributed by atoms with Gasteiger partial charge in [-0.3, -0.25) is 0 Å². The fourth-order valence-electron chi connectivity index (χ4n) is 1.61. The highest BCUT2D eigenvalue weighted by atomic mass is 16.6. The first-order valence-corrected chi connectivity index (χ1v) is 5.83. The van der Waals surface area contributed by atoms with Gasteiger partial charge in [-0.15, -0.1) is 0 Å². The second-order valence-electron chi connectivity index (χ2n) is 5.21. The van der Waals surface area contributed by atoms with E-state index in [2.05, 4.69) is 4.74 Å². The van der Waals surface area contributed by atoms with Crippen LogP contribution in [0.4, 0.5) is 0 Å². The summed E-state index contributed by atoms with van der Waals surface area (Å²) in [6.07, 6.45) is -0.674. The molecule has 1 aromatic rings. The van der Waals surface area contributed by atoms with Crippen LogP contribution in [-0.4, -0.2) is 24.3 Å². The van der Waals surface area contributed by atoms with E-state index in [1.165, 1.54) is 7.11 Å². The van der Waals surface area contributed by atoms with Crippen molar-refractivity contribution in [3.8, 4) is 11.5 Å². The number of benzene rings is 1. The molecule has 0 aliphatic heterocycles. The summed E-state index contributed by atoms with van der Waals surface area (Å²) < 4.78 is 10.1. The third kappa shape index (κ3) is 3.39. The van der Waals surface area contributed by atoms with Crippen LogP contribution in [0.2, 0.25) is 0 Å². The minimum absolute atomic E-state index is 0.196. The molecule has 0 radical (unpaired) electrons. The zero-order chi connectivity index (χ0) is 13.9. The number of phenols is 1. The molecule has 0 amide bonds. The molecule has 1 rings (SSSR count). The van der Waals surface area contributed by atoms with Crippen LogP contribution in [0, 0.1) is 0 Å². The number of carbonyl (C=O) groups excluding carboxylic acids is 1. The number of carbonyl (C=O) groups is 1. The molecule has 100 valence electrons. The summed E-state index contributed by atoms with van der Waals surface area (Å²) in [5.74, 6) is 0.330. The summed E-state index contributed by atoms with van der Waals surface area (Å²) >= 11 is 0. The Kier molecular flexibility index (Phi) is 4.22. The van der Waals surface area contributed by atoms with Crippen molar-refractivity contribution in [3.05, 3.63) is 23.8 Å². The van der Waals surface area contributed by atoms with Crippen LogP contribution in [-0.2, 0) is 14.9 Å². The predicted molar refractivity (Wildman–Crippen MR) is 68.9 cm³/mol. The molecule has 0 fully saturated rings. The SMILES string of the molecule is COC(=O)C(C)Oc1ccc(O)c(C(C)(C)C)c1. The van der Waals surface area contributed by atoms with Crippen molar-refractivity contribution in [2.75, 3.05) is 7.11 Å².